The summed E-state index contributed by atoms with van der Waals surface area (Å²) in [4.78, 5) is 11.7. The number of ether oxygens (including phenoxy) is 2. The average molecular weight is 364 g/mol. The molecule has 0 spiro atoms. The van der Waals surface area contributed by atoms with E-state index in [1.54, 1.807) is 19.9 Å². The highest BCUT2D eigenvalue weighted by Gasteiger charge is 2.19. The third kappa shape index (κ3) is 4.06. The molecule has 0 fully saturated rings. The van der Waals surface area contributed by atoms with E-state index in [1.807, 2.05) is 48.5 Å². The SMILES string of the molecule is CCOC(=O)COc1c(C)c(O)c2ccccc2c1N=Nc1ccccc1. The van der Waals surface area contributed by atoms with Crippen molar-refractivity contribution >= 4 is 28.1 Å². The van der Waals surface area contributed by atoms with E-state index in [-0.39, 0.29) is 19.0 Å². The van der Waals surface area contributed by atoms with Crippen LogP contribution in [0.1, 0.15) is 12.5 Å². The molecule has 0 radical (unpaired) electrons. The molecule has 0 aliphatic heterocycles. The number of benzene rings is 3. The number of azo groups is 1. The summed E-state index contributed by atoms with van der Waals surface area (Å²) in [5, 5.41) is 20.5. The fourth-order valence-electron chi connectivity index (χ4n) is 2.72. The number of carbonyl (C=O) groups excluding carboxylic acids is 1. The lowest BCUT2D eigenvalue weighted by molar-refractivity contribution is -0.145. The minimum absolute atomic E-state index is 0.0862. The zero-order chi connectivity index (χ0) is 19.2. The lowest BCUT2D eigenvalue weighted by atomic mass is 10.0. The Bertz CT molecular complexity index is 984. The second kappa shape index (κ2) is 8.31. The lowest BCUT2D eigenvalue weighted by Crippen LogP contribution is -2.15. The molecule has 6 nitrogen and oxygen atoms in total. The topological polar surface area (TPSA) is 80.5 Å². The maximum atomic E-state index is 11.7. The molecule has 0 heterocycles. The standard InChI is InChI=1S/C21H20N2O4/c1-3-26-18(24)13-27-21-14(2)20(25)17-12-8-7-11-16(17)19(21)23-22-15-9-5-4-6-10-15/h4-12,25H,3,13H2,1-2H3. The smallest absolute Gasteiger partial charge is 0.344 e. The van der Waals surface area contributed by atoms with Crippen LogP contribution in [-0.2, 0) is 9.53 Å². The molecule has 0 unspecified atom stereocenters. The number of rotatable bonds is 6. The Labute approximate surface area is 157 Å². The van der Waals surface area contributed by atoms with Crippen LogP contribution < -0.4 is 4.74 Å². The number of fused-ring (bicyclic) bond motifs is 1. The van der Waals surface area contributed by atoms with E-state index in [2.05, 4.69) is 10.2 Å². The van der Waals surface area contributed by atoms with Crippen LogP contribution in [-0.4, -0.2) is 24.3 Å². The second-order valence-corrected chi connectivity index (χ2v) is 5.83. The summed E-state index contributed by atoms with van der Waals surface area (Å²) in [6.07, 6.45) is 0. The molecule has 0 bridgehead atoms. The van der Waals surface area contributed by atoms with E-state index in [9.17, 15) is 9.90 Å². The molecule has 0 aliphatic carbocycles. The Balaban J connectivity index is 2.09. The zero-order valence-corrected chi connectivity index (χ0v) is 15.2. The molecule has 0 saturated carbocycles. The number of hydrogen-bond donors (Lipinski definition) is 1. The highest BCUT2D eigenvalue weighted by molar-refractivity contribution is 6.01. The first-order valence-corrected chi connectivity index (χ1v) is 8.61. The van der Waals surface area contributed by atoms with Crippen molar-refractivity contribution in [3.63, 3.8) is 0 Å². The number of phenolic OH excluding ortho intramolecular Hbond substituents is 1. The number of hydrogen-bond acceptors (Lipinski definition) is 6. The van der Waals surface area contributed by atoms with Crippen molar-refractivity contribution in [2.45, 2.75) is 13.8 Å². The van der Waals surface area contributed by atoms with Crippen molar-refractivity contribution in [1.29, 1.82) is 0 Å². The molecule has 0 amide bonds. The zero-order valence-electron chi connectivity index (χ0n) is 15.2. The van der Waals surface area contributed by atoms with Crippen LogP contribution in [0.2, 0.25) is 0 Å². The molecular weight excluding hydrogens is 344 g/mol. The summed E-state index contributed by atoms with van der Waals surface area (Å²) in [6, 6.07) is 16.6. The summed E-state index contributed by atoms with van der Waals surface area (Å²) in [6.45, 7) is 3.43. The van der Waals surface area contributed by atoms with Gasteiger partial charge in [0.05, 0.1) is 12.3 Å². The molecule has 138 valence electrons. The van der Waals surface area contributed by atoms with E-state index >= 15 is 0 Å². The Morgan fingerprint density at radius 2 is 1.67 bits per heavy atom. The molecule has 3 aromatic rings. The van der Waals surface area contributed by atoms with Crippen molar-refractivity contribution in [3.05, 3.63) is 60.2 Å². The van der Waals surface area contributed by atoms with Gasteiger partial charge in [0, 0.05) is 16.3 Å². The first kappa shape index (κ1) is 18.4. The van der Waals surface area contributed by atoms with Gasteiger partial charge in [-0.3, -0.25) is 0 Å². The van der Waals surface area contributed by atoms with Gasteiger partial charge < -0.3 is 14.6 Å². The van der Waals surface area contributed by atoms with Gasteiger partial charge in [-0.2, -0.15) is 5.11 Å². The summed E-state index contributed by atoms with van der Waals surface area (Å²) in [5.74, 6) is -0.0995. The van der Waals surface area contributed by atoms with Crippen LogP contribution in [0.3, 0.4) is 0 Å². The Morgan fingerprint density at radius 3 is 2.37 bits per heavy atom. The van der Waals surface area contributed by atoms with Crippen molar-refractivity contribution in [2.75, 3.05) is 13.2 Å². The minimum atomic E-state index is -0.490. The number of nitrogens with zero attached hydrogens (tertiary/aromatic N) is 2. The molecule has 27 heavy (non-hydrogen) atoms. The quantitative estimate of drug-likeness (QED) is 0.481. The van der Waals surface area contributed by atoms with E-state index in [1.165, 1.54) is 0 Å². The normalized spacial score (nSPS) is 11.0. The van der Waals surface area contributed by atoms with Crippen LogP contribution in [0.4, 0.5) is 11.4 Å². The van der Waals surface area contributed by atoms with Crippen molar-refractivity contribution in [1.82, 2.24) is 0 Å². The number of carbonyl (C=O) groups is 1. The van der Waals surface area contributed by atoms with E-state index < -0.39 is 5.97 Å². The van der Waals surface area contributed by atoms with Gasteiger partial charge in [-0.25, -0.2) is 4.79 Å². The van der Waals surface area contributed by atoms with Gasteiger partial charge in [0.2, 0.25) is 0 Å². The van der Waals surface area contributed by atoms with E-state index in [0.29, 0.717) is 33.5 Å². The third-order valence-corrected chi connectivity index (χ3v) is 4.01. The van der Waals surface area contributed by atoms with E-state index in [4.69, 9.17) is 9.47 Å². The van der Waals surface area contributed by atoms with Gasteiger partial charge in [0.1, 0.15) is 11.4 Å². The van der Waals surface area contributed by atoms with Crippen LogP contribution in [0.5, 0.6) is 11.5 Å². The van der Waals surface area contributed by atoms with E-state index in [0.717, 1.165) is 0 Å². The molecule has 0 saturated heterocycles. The maximum absolute atomic E-state index is 11.7. The Kier molecular flexibility index (Phi) is 5.66. The summed E-state index contributed by atoms with van der Waals surface area (Å²) in [5.41, 5.74) is 1.62. The van der Waals surface area contributed by atoms with Gasteiger partial charge in [0.15, 0.2) is 12.4 Å². The number of aromatic hydroxyl groups is 1. The van der Waals surface area contributed by atoms with Gasteiger partial charge in [-0.15, -0.1) is 5.11 Å². The molecule has 3 rings (SSSR count). The highest BCUT2D eigenvalue weighted by Crippen LogP contribution is 2.45. The van der Waals surface area contributed by atoms with Crippen LogP contribution in [0.25, 0.3) is 10.8 Å². The molecule has 6 heteroatoms. The fourth-order valence-corrected chi connectivity index (χ4v) is 2.72. The average Bonchev–Trinajstić information content (AvgIpc) is 2.70. The van der Waals surface area contributed by atoms with Crippen LogP contribution in [0.15, 0.2) is 64.8 Å². The van der Waals surface area contributed by atoms with Crippen molar-refractivity contribution in [2.24, 2.45) is 10.2 Å². The second-order valence-electron chi connectivity index (χ2n) is 5.83. The molecule has 0 aromatic heterocycles. The van der Waals surface area contributed by atoms with Gasteiger partial charge >= 0.3 is 5.97 Å². The molecule has 1 N–H and O–H groups in total. The third-order valence-electron chi connectivity index (χ3n) is 4.01. The summed E-state index contributed by atoms with van der Waals surface area (Å²) < 4.78 is 10.6. The number of esters is 1. The molecular formula is C21H20N2O4. The van der Waals surface area contributed by atoms with Gasteiger partial charge in [-0.1, -0.05) is 42.5 Å². The van der Waals surface area contributed by atoms with Crippen LogP contribution >= 0.6 is 0 Å². The largest absolute Gasteiger partial charge is 0.507 e. The predicted molar refractivity (Wildman–Crippen MR) is 103 cm³/mol. The van der Waals surface area contributed by atoms with Crippen LogP contribution in [0, 0.1) is 6.92 Å². The summed E-state index contributed by atoms with van der Waals surface area (Å²) >= 11 is 0. The molecule has 3 aromatic carbocycles. The van der Waals surface area contributed by atoms with Crippen molar-refractivity contribution in [3.8, 4) is 11.5 Å². The summed E-state index contributed by atoms with van der Waals surface area (Å²) in [7, 11) is 0. The molecule has 0 atom stereocenters. The number of phenols is 1. The Hall–Kier alpha value is -3.41. The highest BCUT2D eigenvalue weighted by atomic mass is 16.6. The first-order chi connectivity index (χ1) is 13.1. The van der Waals surface area contributed by atoms with Gasteiger partial charge in [0.25, 0.3) is 0 Å². The minimum Gasteiger partial charge on any atom is -0.507 e. The monoisotopic (exact) mass is 364 g/mol. The molecule has 0 aliphatic rings. The predicted octanol–water partition coefficient (Wildman–Crippen LogP) is 5.21. The first-order valence-electron chi connectivity index (χ1n) is 8.61. The fraction of sp³-hybridized carbons (Fsp3) is 0.190. The Morgan fingerprint density at radius 1 is 1.00 bits per heavy atom. The van der Waals surface area contributed by atoms with Crippen molar-refractivity contribution < 1.29 is 19.4 Å². The van der Waals surface area contributed by atoms with Gasteiger partial charge in [-0.05, 0) is 26.0 Å². The lowest BCUT2D eigenvalue weighted by Gasteiger charge is -2.15. The maximum Gasteiger partial charge on any atom is 0.344 e.